The van der Waals surface area contributed by atoms with Gasteiger partial charge in [-0.1, -0.05) is 6.07 Å². The Labute approximate surface area is 179 Å². The molecule has 0 unspecified atom stereocenters. The first-order valence-electron chi connectivity index (χ1n) is 9.92. The van der Waals surface area contributed by atoms with Crippen molar-refractivity contribution in [2.24, 2.45) is 0 Å². The van der Waals surface area contributed by atoms with Gasteiger partial charge in [0.05, 0.1) is 23.7 Å². The first kappa shape index (κ1) is 20.3. The number of aromatic nitrogens is 3. The highest BCUT2D eigenvalue weighted by molar-refractivity contribution is 5.94. The van der Waals surface area contributed by atoms with Crippen molar-refractivity contribution < 1.29 is 14.3 Å². The number of carbonyl (C=O) groups is 2. The summed E-state index contributed by atoms with van der Waals surface area (Å²) in [5, 5.41) is 16.3. The maximum atomic E-state index is 12.4. The standard InChI is InChI=1S/C23H21N5O3/c1-14-7-21(26-11-18(14)9-24)28-12-16(10-27-28)5-6-25-22(29)8-17-3-4-19-20(15(17)2)13-31-23(19)30/h3-4,7,10-12H,5-6,8,13H2,1-2H3,(H,25,29). The number of carbonyl (C=O) groups excluding carboxylic acids is 2. The van der Waals surface area contributed by atoms with Crippen LogP contribution in [0, 0.1) is 25.2 Å². The smallest absolute Gasteiger partial charge is 0.338 e. The molecule has 2 aromatic heterocycles. The Balaban J connectivity index is 1.32. The van der Waals surface area contributed by atoms with Crippen LogP contribution < -0.4 is 5.32 Å². The fraction of sp³-hybridized carbons (Fsp3) is 0.261. The van der Waals surface area contributed by atoms with E-state index < -0.39 is 0 Å². The van der Waals surface area contributed by atoms with Crippen LogP contribution in [-0.4, -0.2) is 33.2 Å². The van der Waals surface area contributed by atoms with E-state index in [1.807, 2.05) is 32.2 Å². The second-order valence-electron chi connectivity index (χ2n) is 7.49. The SMILES string of the molecule is Cc1cc(-n2cc(CCNC(=O)Cc3ccc4c(c3C)COC4=O)cn2)ncc1C#N. The van der Waals surface area contributed by atoms with Gasteiger partial charge in [-0.15, -0.1) is 0 Å². The maximum Gasteiger partial charge on any atom is 0.338 e. The molecule has 1 N–H and O–H groups in total. The summed E-state index contributed by atoms with van der Waals surface area (Å²) in [6, 6.07) is 7.46. The maximum absolute atomic E-state index is 12.4. The molecule has 0 spiro atoms. The molecule has 4 rings (SSSR count). The van der Waals surface area contributed by atoms with Crippen LogP contribution in [0.25, 0.3) is 5.82 Å². The monoisotopic (exact) mass is 415 g/mol. The number of nitrogens with one attached hydrogen (secondary N) is 1. The lowest BCUT2D eigenvalue weighted by molar-refractivity contribution is -0.120. The van der Waals surface area contributed by atoms with Crippen molar-refractivity contribution in [2.75, 3.05) is 6.54 Å². The van der Waals surface area contributed by atoms with E-state index in [1.165, 1.54) is 6.20 Å². The van der Waals surface area contributed by atoms with Crippen molar-refractivity contribution in [1.82, 2.24) is 20.1 Å². The molecule has 156 valence electrons. The molecule has 1 aliphatic rings. The molecule has 0 saturated heterocycles. The molecular formula is C23H21N5O3. The van der Waals surface area contributed by atoms with Gasteiger partial charge in [-0.25, -0.2) is 14.5 Å². The number of cyclic esters (lactones) is 1. The summed E-state index contributed by atoms with van der Waals surface area (Å²) in [5.41, 5.74) is 5.63. The quantitative estimate of drug-likeness (QED) is 0.619. The molecule has 0 radical (unpaired) electrons. The molecule has 8 heteroatoms. The molecule has 1 aliphatic heterocycles. The first-order chi connectivity index (χ1) is 15.0. The summed E-state index contributed by atoms with van der Waals surface area (Å²) in [5.74, 6) is 0.257. The van der Waals surface area contributed by atoms with E-state index >= 15 is 0 Å². The van der Waals surface area contributed by atoms with Crippen LogP contribution in [0.15, 0.2) is 36.8 Å². The number of hydrogen-bond acceptors (Lipinski definition) is 6. The van der Waals surface area contributed by atoms with Crippen LogP contribution in [0.2, 0.25) is 0 Å². The van der Waals surface area contributed by atoms with Crippen LogP contribution in [-0.2, 0) is 29.0 Å². The minimum absolute atomic E-state index is 0.0786. The number of aryl methyl sites for hydroxylation is 1. The second-order valence-corrected chi connectivity index (χ2v) is 7.49. The van der Waals surface area contributed by atoms with E-state index in [0.717, 1.165) is 27.8 Å². The van der Waals surface area contributed by atoms with Crippen LogP contribution in [0.4, 0.5) is 0 Å². The number of fused-ring (bicyclic) bond motifs is 1. The third-order valence-corrected chi connectivity index (χ3v) is 5.45. The number of hydrogen-bond donors (Lipinski definition) is 1. The molecule has 0 saturated carbocycles. The summed E-state index contributed by atoms with van der Waals surface area (Å²) in [4.78, 5) is 28.3. The van der Waals surface area contributed by atoms with Gasteiger partial charge >= 0.3 is 5.97 Å². The molecule has 3 aromatic rings. The Hall–Kier alpha value is -3.99. The Bertz CT molecular complexity index is 1220. The van der Waals surface area contributed by atoms with E-state index in [2.05, 4.69) is 21.5 Å². The van der Waals surface area contributed by atoms with Gasteiger partial charge in [-0.2, -0.15) is 10.4 Å². The van der Waals surface area contributed by atoms with E-state index in [-0.39, 0.29) is 24.9 Å². The highest BCUT2D eigenvalue weighted by atomic mass is 16.5. The van der Waals surface area contributed by atoms with E-state index in [9.17, 15) is 9.59 Å². The van der Waals surface area contributed by atoms with Gasteiger partial charge in [0.1, 0.15) is 12.7 Å². The number of nitrogens with zero attached hydrogens (tertiary/aromatic N) is 4. The summed E-state index contributed by atoms with van der Waals surface area (Å²) in [6.45, 7) is 4.52. The summed E-state index contributed by atoms with van der Waals surface area (Å²) in [6.07, 6.45) is 6.02. The summed E-state index contributed by atoms with van der Waals surface area (Å²) in [7, 11) is 0. The number of benzene rings is 1. The van der Waals surface area contributed by atoms with Gasteiger partial charge in [0.25, 0.3) is 0 Å². The van der Waals surface area contributed by atoms with Gasteiger partial charge in [-0.3, -0.25) is 4.79 Å². The average molecular weight is 415 g/mol. The van der Waals surface area contributed by atoms with E-state index in [1.54, 1.807) is 16.9 Å². The highest BCUT2D eigenvalue weighted by Crippen LogP contribution is 2.26. The number of amides is 1. The average Bonchev–Trinajstić information content (AvgIpc) is 3.37. The second kappa shape index (κ2) is 8.40. The van der Waals surface area contributed by atoms with Gasteiger partial charge in [0.15, 0.2) is 5.82 Å². The van der Waals surface area contributed by atoms with Crippen LogP contribution in [0.5, 0.6) is 0 Å². The van der Waals surface area contributed by atoms with Gasteiger partial charge < -0.3 is 10.1 Å². The molecule has 0 fully saturated rings. The topological polar surface area (TPSA) is 110 Å². The molecule has 31 heavy (non-hydrogen) atoms. The molecule has 1 aromatic carbocycles. The van der Waals surface area contributed by atoms with E-state index in [4.69, 9.17) is 10.00 Å². The molecule has 3 heterocycles. The van der Waals surface area contributed by atoms with Crippen molar-refractivity contribution in [3.05, 3.63) is 75.7 Å². The third kappa shape index (κ3) is 4.16. The lowest BCUT2D eigenvalue weighted by atomic mass is 9.96. The molecule has 0 bridgehead atoms. The molecular weight excluding hydrogens is 394 g/mol. The fourth-order valence-electron chi connectivity index (χ4n) is 3.57. The molecule has 0 atom stereocenters. The van der Waals surface area contributed by atoms with Gasteiger partial charge in [0, 0.05) is 24.5 Å². The van der Waals surface area contributed by atoms with Gasteiger partial charge in [0.2, 0.25) is 5.91 Å². The zero-order valence-electron chi connectivity index (χ0n) is 17.3. The highest BCUT2D eigenvalue weighted by Gasteiger charge is 2.24. The molecule has 1 amide bonds. The lowest BCUT2D eigenvalue weighted by Crippen LogP contribution is -2.27. The fourth-order valence-corrected chi connectivity index (χ4v) is 3.57. The van der Waals surface area contributed by atoms with Gasteiger partial charge in [-0.05, 0) is 54.7 Å². The number of ether oxygens (including phenoxy) is 1. The van der Waals surface area contributed by atoms with Crippen molar-refractivity contribution in [3.63, 3.8) is 0 Å². The Kier molecular flexibility index (Phi) is 5.50. The minimum Gasteiger partial charge on any atom is -0.457 e. The molecule has 8 nitrogen and oxygen atoms in total. The van der Waals surface area contributed by atoms with Crippen LogP contribution in [0.1, 0.15) is 43.7 Å². The predicted molar refractivity (Wildman–Crippen MR) is 112 cm³/mol. The van der Waals surface area contributed by atoms with E-state index in [0.29, 0.717) is 29.9 Å². The van der Waals surface area contributed by atoms with Crippen molar-refractivity contribution in [3.8, 4) is 11.9 Å². The zero-order valence-corrected chi connectivity index (χ0v) is 17.3. The number of pyridine rings is 1. The third-order valence-electron chi connectivity index (χ3n) is 5.45. The van der Waals surface area contributed by atoms with Crippen molar-refractivity contribution in [2.45, 2.75) is 33.3 Å². The molecule has 0 aliphatic carbocycles. The predicted octanol–water partition coefficient (Wildman–Crippen LogP) is 2.33. The number of rotatable bonds is 6. The normalized spacial score (nSPS) is 12.2. The Morgan fingerprint density at radius 2 is 2.16 bits per heavy atom. The Morgan fingerprint density at radius 3 is 2.94 bits per heavy atom. The minimum atomic E-state index is -0.305. The van der Waals surface area contributed by atoms with Crippen molar-refractivity contribution in [1.29, 1.82) is 5.26 Å². The first-order valence-corrected chi connectivity index (χ1v) is 9.92. The lowest BCUT2D eigenvalue weighted by Gasteiger charge is -2.09. The van der Waals surface area contributed by atoms with Crippen molar-refractivity contribution >= 4 is 11.9 Å². The largest absolute Gasteiger partial charge is 0.457 e. The number of esters is 1. The van der Waals surface area contributed by atoms with Crippen LogP contribution in [0.3, 0.4) is 0 Å². The number of nitriles is 1. The summed E-state index contributed by atoms with van der Waals surface area (Å²) >= 11 is 0. The Morgan fingerprint density at radius 1 is 1.32 bits per heavy atom. The zero-order chi connectivity index (χ0) is 22.0. The van der Waals surface area contributed by atoms with Crippen LogP contribution >= 0.6 is 0 Å². The summed E-state index contributed by atoms with van der Waals surface area (Å²) < 4.78 is 6.72.